The summed E-state index contributed by atoms with van der Waals surface area (Å²) in [6.45, 7) is 1.13. The summed E-state index contributed by atoms with van der Waals surface area (Å²) in [5.74, 6) is -0.804. The molecule has 0 atom stereocenters. The van der Waals surface area contributed by atoms with E-state index in [1.165, 1.54) is 16.4 Å². The smallest absolute Gasteiger partial charge is 0.243 e. The number of hydrogen-bond acceptors (Lipinski definition) is 3. The molecular formula is C20H22BrFN2O3S. The zero-order chi connectivity index (χ0) is 20.1. The Morgan fingerprint density at radius 2 is 1.75 bits per heavy atom. The molecular weight excluding hydrogens is 447 g/mol. The first-order valence-electron chi connectivity index (χ1n) is 9.20. The molecule has 0 aliphatic carbocycles. The summed E-state index contributed by atoms with van der Waals surface area (Å²) < 4.78 is 41.2. The van der Waals surface area contributed by atoms with Crippen LogP contribution >= 0.6 is 15.9 Å². The maximum Gasteiger partial charge on any atom is 0.243 e. The Bertz CT molecular complexity index is 942. The number of halogens is 2. The zero-order valence-corrected chi connectivity index (χ0v) is 17.7. The lowest BCUT2D eigenvalue weighted by atomic mass is 10.1. The molecule has 1 amide bonds. The van der Waals surface area contributed by atoms with Gasteiger partial charge in [-0.1, -0.05) is 34.5 Å². The number of sulfonamides is 1. The van der Waals surface area contributed by atoms with Gasteiger partial charge in [-0.15, -0.1) is 0 Å². The van der Waals surface area contributed by atoms with Crippen LogP contribution in [0.25, 0.3) is 0 Å². The molecule has 1 saturated heterocycles. The molecule has 8 heteroatoms. The topological polar surface area (TPSA) is 66.5 Å². The summed E-state index contributed by atoms with van der Waals surface area (Å²) in [5, 5.41) is 2.55. The lowest BCUT2D eigenvalue weighted by molar-refractivity contribution is -0.116. The number of piperidine rings is 1. The van der Waals surface area contributed by atoms with Crippen molar-refractivity contribution in [3.8, 4) is 0 Å². The Kier molecular flexibility index (Phi) is 6.85. The molecule has 0 aromatic heterocycles. The van der Waals surface area contributed by atoms with Crippen molar-refractivity contribution >= 4 is 37.5 Å². The number of benzene rings is 2. The average molecular weight is 469 g/mol. The van der Waals surface area contributed by atoms with Gasteiger partial charge in [-0.3, -0.25) is 4.79 Å². The minimum absolute atomic E-state index is 0.135. The first-order valence-corrected chi connectivity index (χ1v) is 11.4. The molecule has 0 saturated carbocycles. The van der Waals surface area contributed by atoms with Crippen LogP contribution in [0.3, 0.4) is 0 Å². The summed E-state index contributed by atoms with van der Waals surface area (Å²) >= 11 is 3.17. The molecule has 1 N–H and O–H groups in total. The summed E-state index contributed by atoms with van der Waals surface area (Å²) in [4.78, 5) is 12.3. The molecule has 2 aromatic carbocycles. The summed E-state index contributed by atoms with van der Waals surface area (Å²) in [6, 6.07) is 11.1. The van der Waals surface area contributed by atoms with Crippen molar-refractivity contribution in [1.29, 1.82) is 0 Å². The van der Waals surface area contributed by atoms with Gasteiger partial charge >= 0.3 is 0 Å². The van der Waals surface area contributed by atoms with Gasteiger partial charge in [-0.2, -0.15) is 4.31 Å². The lowest BCUT2D eigenvalue weighted by Gasteiger charge is -2.25. The maximum atomic E-state index is 13.8. The van der Waals surface area contributed by atoms with Crippen LogP contribution in [0.15, 0.2) is 51.8 Å². The van der Waals surface area contributed by atoms with Gasteiger partial charge in [-0.05, 0) is 55.2 Å². The van der Waals surface area contributed by atoms with E-state index in [2.05, 4.69) is 21.2 Å². The number of anilines is 1. The normalized spacial score (nSPS) is 15.4. The van der Waals surface area contributed by atoms with E-state index in [0.29, 0.717) is 24.0 Å². The van der Waals surface area contributed by atoms with E-state index in [0.717, 1.165) is 24.8 Å². The van der Waals surface area contributed by atoms with Crippen molar-refractivity contribution in [2.24, 2.45) is 0 Å². The largest absolute Gasteiger partial charge is 0.324 e. The minimum atomic E-state index is -3.45. The van der Waals surface area contributed by atoms with Gasteiger partial charge in [0.1, 0.15) is 5.82 Å². The highest BCUT2D eigenvalue weighted by atomic mass is 79.9. The molecule has 0 radical (unpaired) electrons. The van der Waals surface area contributed by atoms with E-state index < -0.39 is 15.8 Å². The maximum absolute atomic E-state index is 13.8. The summed E-state index contributed by atoms with van der Waals surface area (Å²) in [5.41, 5.74) is 0.986. The van der Waals surface area contributed by atoms with Crippen LogP contribution in [0.1, 0.15) is 31.2 Å². The van der Waals surface area contributed by atoms with Crippen LogP contribution in [0, 0.1) is 5.82 Å². The van der Waals surface area contributed by atoms with E-state index in [9.17, 15) is 17.6 Å². The van der Waals surface area contributed by atoms with Crippen molar-refractivity contribution in [3.05, 3.63) is 58.3 Å². The van der Waals surface area contributed by atoms with E-state index in [1.54, 1.807) is 30.3 Å². The quantitative estimate of drug-likeness (QED) is 0.685. The molecule has 0 bridgehead atoms. The molecule has 28 heavy (non-hydrogen) atoms. The molecule has 0 unspecified atom stereocenters. The molecule has 3 rings (SSSR count). The van der Waals surface area contributed by atoms with Gasteiger partial charge in [0.05, 0.1) is 10.6 Å². The van der Waals surface area contributed by atoms with Crippen LogP contribution in [-0.4, -0.2) is 31.7 Å². The highest BCUT2D eigenvalue weighted by molar-refractivity contribution is 9.10. The molecule has 150 valence electrons. The molecule has 1 fully saturated rings. The van der Waals surface area contributed by atoms with E-state index in [-0.39, 0.29) is 22.9 Å². The molecule has 0 spiro atoms. The minimum Gasteiger partial charge on any atom is -0.324 e. The van der Waals surface area contributed by atoms with Crippen LogP contribution in [-0.2, 0) is 21.2 Å². The standard InChI is InChI=1S/C20H22BrFN2O3S/c21-16-7-10-19(18(22)14-16)23-20(25)11-6-15-4-8-17(9-5-15)28(26,27)24-12-2-1-3-13-24/h4-5,7-10,14H,1-3,6,11-13H2,(H,23,25). The van der Waals surface area contributed by atoms with Gasteiger partial charge in [0.2, 0.25) is 15.9 Å². The molecule has 2 aromatic rings. The van der Waals surface area contributed by atoms with Crippen molar-refractivity contribution in [2.75, 3.05) is 18.4 Å². The molecule has 1 heterocycles. The third-order valence-electron chi connectivity index (χ3n) is 4.72. The Hall–Kier alpha value is -1.77. The predicted molar refractivity (Wildman–Crippen MR) is 110 cm³/mol. The van der Waals surface area contributed by atoms with Crippen molar-refractivity contribution < 1.29 is 17.6 Å². The first-order chi connectivity index (χ1) is 13.4. The SMILES string of the molecule is O=C(CCc1ccc(S(=O)(=O)N2CCCCC2)cc1)Nc1ccc(Br)cc1F. The fourth-order valence-corrected chi connectivity index (χ4v) is 4.99. The number of rotatable bonds is 6. The second kappa shape index (κ2) is 9.15. The number of hydrogen-bond donors (Lipinski definition) is 1. The second-order valence-corrected chi connectivity index (χ2v) is 9.63. The van der Waals surface area contributed by atoms with Crippen molar-refractivity contribution in [3.63, 3.8) is 0 Å². The zero-order valence-electron chi connectivity index (χ0n) is 15.3. The lowest BCUT2D eigenvalue weighted by Crippen LogP contribution is -2.35. The monoisotopic (exact) mass is 468 g/mol. The number of carbonyl (C=O) groups is 1. The van der Waals surface area contributed by atoms with Crippen molar-refractivity contribution in [1.82, 2.24) is 4.31 Å². The van der Waals surface area contributed by atoms with E-state index in [4.69, 9.17) is 0 Å². The Labute approximate surface area is 173 Å². The fraction of sp³-hybridized carbons (Fsp3) is 0.350. The summed E-state index contributed by atoms with van der Waals surface area (Å²) in [7, 11) is -3.45. The number of aryl methyl sites for hydroxylation is 1. The van der Waals surface area contributed by atoms with Gasteiger partial charge < -0.3 is 5.32 Å². The fourth-order valence-electron chi connectivity index (χ4n) is 3.14. The van der Waals surface area contributed by atoms with Crippen LogP contribution in [0.5, 0.6) is 0 Å². The number of amides is 1. The molecule has 5 nitrogen and oxygen atoms in total. The van der Waals surface area contributed by atoms with Gasteiger partial charge in [-0.25, -0.2) is 12.8 Å². The van der Waals surface area contributed by atoms with Gasteiger partial charge in [0.15, 0.2) is 0 Å². The highest BCUT2D eigenvalue weighted by Crippen LogP contribution is 2.22. The first kappa shape index (κ1) is 21.0. The second-order valence-electron chi connectivity index (χ2n) is 6.78. The molecule has 1 aliphatic rings. The average Bonchev–Trinajstić information content (AvgIpc) is 2.69. The Morgan fingerprint density at radius 3 is 2.39 bits per heavy atom. The third kappa shape index (κ3) is 5.18. The number of carbonyl (C=O) groups excluding carboxylic acids is 1. The van der Waals surface area contributed by atoms with E-state index >= 15 is 0 Å². The van der Waals surface area contributed by atoms with E-state index in [1.807, 2.05) is 0 Å². The summed E-state index contributed by atoms with van der Waals surface area (Å²) in [6.07, 6.45) is 3.47. The number of nitrogens with one attached hydrogen (secondary N) is 1. The predicted octanol–water partition coefficient (Wildman–Crippen LogP) is 4.33. The third-order valence-corrected chi connectivity index (χ3v) is 7.13. The Morgan fingerprint density at radius 1 is 1.07 bits per heavy atom. The van der Waals surface area contributed by atoms with Crippen molar-refractivity contribution in [2.45, 2.75) is 37.0 Å². The van der Waals surface area contributed by atoms with Crippen LogP contribution < -0.4 is 5.32 Å². The Balaban J connectivity index is 1.57. The highest BCUT2D eigenvalue weighted by Gasteiger charge is 2.25. The van der Waals surface area contributed by atoms with Gasteiger partial charge in [0.25, 0.3) is 0 Å². The molecule has 1 aliphatic heterocycles. The van der Waals surface area contributed by atoms with Gasteiger partial charge in [0, 0.05) is 24.0 Å². The van der Waals surface area contributed by atoms with Crippen LogP contribution in [0.2, 0.25) is 0 Å². The van der Waals surface area contributed by atoms with Crippen LogP contribution in [0.4, 0.5) is 10.1 Å². The number of nitrogens with zero attached hydrogens (tertiary/aromatic N) is 1.